The molecule has 1 aliphatic rings. The van der Waals surface area contributed by atoms with Gasteiger partial charge in [-0.1, -0.05) is 29.8 Å². The lowest BCUT2D eigenvalue weighted by atomic mass is 9.95. The lowest BCUT2D eigenvalue weighted by molar-refractivity contribution is -0.142. The van der Waals surface area contributed by atoms with E-state index in [9.17, 15) is 18.0 Å². The van der Waals surface area contributed by atoms with E-state index in [1.165, 1.54) is 4.68 Å². The predicted molar refractivity (Wildman–Crippen MR) is 91.8 cm³/mol. The number of amides is 1. The van der Waals surface area contributed by atoms with E-state index in [1.807, 2.05) is 31.2 Å². The Kier molecular flexibility index (Phi) is 5.34. The fraction of sp³-hybridized carbons (Fsp3) is 0.474. The molecule has 1 aromatic heterocycles. The van der Waals surface area contributed by atoms with Crippen LogP contribution in [-0.4, -0.2) is 22.2 Å². The normalized spacial score (nSPS) is 14.2. The number of nitrogens with one attached hydrogen (secondary N) is 1. The van der Waals surface area contributed by atoms with Crippen LogP contribution in [0, 0.1) is 6.92 Å². The van der Waals surface area contributed by atoms with Gasteiger partial charge in [-0.2, -0.15) is 18.3 Å². The molecule has 7 heteroatoms. The average molecular weight is 365 g/mol. The second-order valence-corrected chi connectivity index (χ2v) is 6.72. The van der Waals surface area contributed by atoms with Crippen molar-refractivity contribution in [2.75, 3.05) is 6.54 Å². The van der Waals surface area contributed by atoms with Crippen molar-refractivity contribution in [1.82, 2.24) is 15.1 Å². The van der Waals surface area contributed by atoms with E-state index < -0.39 is 11.9 Å². The van der Waals surface area contributed by atoms with Crippen LogP contribution in [0.3, 0.4) is 0 Å². The Hall–Kier alpha value is -2.31. The molecule has 3 rings (SSSR count). The van der Waals surface area contributed by atoms with Gasteiger partial charge in [-0.3, -0.25) is 9.48 Å². The highest BCUT2D eigenvalue weighted by molar-refractivity contribution is 5.78. The third-order valence-corrected chi connectivity index (χ3v) is 4.62. The van der Waals surface area contributed by atoms with Crippen LogP contribution in [0.15, 0.2) is 24.3 Å². The van der Waals surface area contributed by atoms with Crippen molar-refractivity contribution in [2.24, 2.45) is 0 Å². The molecule has 4 nitrogen and oxygen atoms in total. The van der Waals surface area contributed by atoms with Crippen LogP contribution < -0.4 is 5.32 Å². The Bertz CT molecular complexity index is 796. The molecule has 0 fully saturated rings. The maximum Gasteiger partial charge on any atom is 0.435 e. The zero-order valence-corrected chi connectivity index (χ0v) is 14.7. The minimum Gasteiger partial charge on any atom is -0.354 e. The highest BCUT2D eigenvalue weighted by Gasteiger charge is 2.39. The molecule has 1 amide bonds. The fourth-order valence-electron chi connectivity index (χ4n) is 3.45. The maximum absolute atomic E-state index is 13.2. The molecule has 1 aromatic carbocycles. The minimum atomic E-state index is -4.43. The van der Waals surface area contributed by atoms with E-state index >= 15 is 0 Å². The Labute approximate surface area is 150 Å². The predicted octanol–water partition coefficient (Wildman–Crippen LogP) is 3.45. The summed E-state index contributed by atoms with van der Waals surface area (Å²) in [7, 11) is 0. The van der Waals surface area contributed by atoms with E-state index in [4.69, 9.17) is 0 Å². The Morgan fingerprint density at radius 1 is 1.27 bits per heavy atom. The highest BCUT2D eigenvalue weighted by Crippen LogP contribution is 2.35. The molecule has 2 aromatic rings. The van der Waals surface area contributed by atoms with Crippen molar-refractivity contribution in [3.05, 3.63) is 52.3 Å². The van der Waals surface area contributed by atoms with Crippen molar-refractivity contribution in [3.63, 3.8) is 0 Å². The van der Waals surface area contributed by atoms with Gasteiger partial charge in [-0.15, -0.1) is 0 Å². The SMILES string of the molecule is Cc1cccc(CC(=O)NCCn2nc(C(F)(F)F)c3c2CCCC3)c1. The van der Waals surface area contributed by atoms with Gasteiger partial charge in [-0.05, 0) is 38.2 Å². The first-order valence-electron chi connectivity index (χ1n) is 8.82. The number of nitrogens with zero attached hydrogens (tertiary/aromatic N) is 2. The van der Waals surface area contributed by atoms with E-state index in [1.54, 1.807) is 0 Å². The number of hydrogen-bond donors (Lipinski definition) is 1. The summed E-state index contributed by atoms with van der Waals surface area (Å²) in [6.45, 7) is 2.47. The van der Waals surface area contributed by atoms with Gasteiger partial charge in [0.25, 0.3) is 0 Å². The molecule has 0 radical (unpaired) electrons. The second kappa shape index (κ2) is 7.51. The van der Waals surface area contributed by atoms with E-state index in [2.05, 4.69) is 10.4 Å². The zero-order chi connectivity index (χ0) is 18.7. The molecular formula is C19H22F3N3O. The number of hydrogen-bond acceptors (Lipinski definition) is 2. The van der Waals surface area contributed by atoms with Crippen molar-refractivity contribution < 1.29 is 18.0 Å². The molecule has 26 heavy (non-hydrogen) atoms. The topological polar surface area (TPSA) is 46.9 Å². The first-order chi connectivity index (χ1) is 12.3. The van der Waals surface area contributed by atoms with Gasteiger partial charge in [0.05, 0.1) is 13.0 Å². The third-order valence-electron chi connectivity index (χ3n) is 4.62. The largest absolute Gasteiger partial charge is 0.435 e. The lowest BCUT2D eigenvalue weighted by Gasteiger charge is -2.15. The number of halogens is 3. The number of carbonyl (C=O) groups excluding carboxylic acids is 1. The Morgan fingerprint density at radius 2 is 2.04 bits per heavy atom. The van der Waals surface area contributed by atoms with E-state index in [0.29, 0.717) is 24.1 Å². The monoisotopic (exact) mass is 365 g/mol. The van der Waals surface area contributed by atoms with Crippen LogP contribution >= 0.6 is 0 Å². The lowest BCUT2D eigenvalue weighted by Crippen LogP contribution is -2.29. The minimum absolute atomic E-state index is 0.146. The third kappa shape index (κ3) is 4.26. The number of alkyl halides is 3. The number of rotatable bonds is 5. The number of benzene rings is 1. The molecule has 1 heterocycles. The van der Waals surface area contributed by atoms with Gasteiger partial charge in [0.2, 0.25) is 5.91 Å². The molecule has 0 bridgehead atoms. The summed E-state index contributed by atoms with van der Waals surface area (Å²) in [5.74, 6) is -0.146. The average Bonchev–Trinajstić information content (AvgIpc) is 2.94. The van der Waals surface area contributed by atoms with Crippen LogP contribution in [-0.2, 0) is 36.8 Å². The first-order valence-corrected chi connectivity index (χ1v) is 8.82. The summed E-state index contributed by atoms with van der Waals surface area (Å²) in [6.07, 6.45) is -1.52. The fourth-order valence-corrected chi connectivity index (χ4v) is 3.45. The summed E-state index contributed by atoms with van der Waals surface area (Å²) in [5.41, 5.74) is 2.22. The Balaban J connectivity index is 1.61. The van der Waals surface area contributed by atoms with Crippen molar-refractivity contribution in [1.29, 1.82) is 0 Å². The van der Waals surface area contributed by atoms with Crippen LogP contribution in [0.1, 0.15) is 40.9 Å². The van der Waals surface area contributed by atoms with Gasteiger partial charge >= 0.3 is 6.18 Å². The molecule has 0 saturated heterocycles. The van der Waals surface area contributed by atoms with Crippen molar-refractivity contribution >= 4 is 5.91 Å². The summed E-state index contributed by atoms with van der Waals surface area (Å²) < 4.78 is 40.9. The number of fused-ring (bicyclic) bond motifs is 1. The molecular weight excluding hydrogens is 343 g/mol. The number of aromatic nitrogens is 2. The van der Waals surface area contributed by atoms with Crippen LogP contribution in [0.25, 0.3) is 0 Å². The first kappa shape index (κ1) is 18.5. The molecule has 0 spiro atoms. The highest BCUT2D eigenvalue weighted by atomic mass is 19.4. The Morgan fingerprint density at radius 3 is 2.77 bits per heavy atom. The van der Waals surface area contributed by atoms with Gasteiger partial charge in [0, 0.05) is 17.8 Å². The summed E-state index contributed by atoms with van der Waals surface area (Å²) in [5, 5.41) is 6.57. The van der Waals surface area contributed by atoms with Crippen LogP contribution in [0.5, 0.6) is 0 Å². The quantitative estimate of drug-likeness (QED) is 0.882. The summed E-state index contributed by atoms with van der Waals surface area (Å²) in [6, 6.07) is 7.68. The summed E-state index contributed by atoms with van der Waals surface area (Å²) in [4.78, 5) is 12.0. The number of carbonyl (C=O) groups is 1. The standard InChI is InChI=1S/C19H22F3N3O/c1-13-5-4-6-14(11-13)12-17(26)23-9-10-25-16-8-3-2-7-15(16)18(24-25)19(20,21)22/h4-6,11H,2-3,7-10,12H2,1H3,(H,23,26). The molecule has 0 saturated carbocycles. The summed E-state index contributed by atoms with van der Waals surface area (Å²) >= 11 is 0. The molecule has 1 aliphatic carbocycles. The smallest absolute Gasteiger partial charge is 0.354 e. The second-order valence-electron chi connectivity index (χ2n) is 6.72. The van der Waals surface area contributed by atoms with Gasteiger partial charge in [-0.25, -0.2) is 0 Å². The van der Waals surface area contributed by atoms with E-state index in [0.717, 1.165) is 24.0 Å². The van der Waals surface area contributed by atoms with Crippen molar-refractivity contribution in [2.45, 2.75) is 51.7 Å². The molecule has 0 atom stereocenters. The molecule has 0 aliphatic heterocycles. The molecule has 140 valence electrons. The molecule has 1 N–H and O–H groups in total. The van der Waals surface area contributed by atoms with Gasteiger partial charge in [0.15, 0.2) is 5.69 Å². The number of aryl methyl sites for hydroxylation is 1. The van der Waals surface area contributed by atoms with Gasteiger partial charge < -0.3 is 5.32 Å². The zero-order valence-electron chi connectivity index (χ0n) is 14.7. The van der Waals surface area contributed by atoms with Crippen LogP contribution in [0.2, 0.25) is 0 Å². The van der Waals surface area contributed by atoms with Crippen molar-refractivity contribution in [3.8, 4) is 0 Å². The maximum atomic E-state index is 13.2. The van der Waals surface area contributed by atoms with Crippen LogP contribution in [0.4, 0.5) is 13.2 Å². The molecule has 0 unspecified atom stereocenters. The van der Waals surface area contributed by atoms with E-state index in [-0.39, 0.29) is 25.4 Å². The van der Waals surface area contributed by atoms with Gasteiger partial charge in [0.1, 0.15) is 0 Å².